The van der Waals surface area contributed by atoms with Gasteiger partial charge in [-0.2, -0.15) is 0 Å². The van der Waals surface area contributed by atoms with E-state index < -0.39 is 0 Å². The number of ether oxygens (including phenoxy) is 1. The van der Waals surface area contributed by atoms with Crippen LogP contribution in [0.2, 0.25) is 0 Å². The van der Waals surface area contributed by atoms with Crippen molar-refractivity contribution in [3.8, 4) is 17.2 Å². The zero-order valence-corrected chi connectivity index (χ0v) is 17.5. The molecule has 0 unspecified atom stereocenters. The van der Waals surface area contributed by atoms with Gasteiger partial charge in [-0.15, -0.1) is 11.3 Å². The van der Waals surface area contributed by atoms with Gasteiger partial charge in [0.1, 0.15) is 16.4 Å². The molecule has 152 valence electrons. The third-order valence-corrected chi connectivity index (χ3v) is 5.99. The Morgan fingerprint density at radius 3 is 2.53 bits per heavy atom. The summed E-state index contributed by atoms with van der Waals surface area (Å²) in [5.41, 5.74) is 1.83. The van der Waals surface area contributed by atoms with Gasteiger partial charge in [0.2, 0.25) is 5.78 Å². The van der Waals surface area contributed by atoms with Crippen LogP contribution in [0.25, 0.3) is 10.1 Å². The Balaban J connectivity index is 1.68. The number of ketones is 1. The Labute approximate surface area is 179 Å². The average molecular weight is 418 g/mol. The largest absolute Gasteiger partial charge is 0.508 e. The standard InChI is InChI=1S/C25H23NO3S/c1-2-26-15-14-17-8-11-20(12-9-17)29-24-21-13-10-19(27)16-22(21)30-25(24)23(28)18-6-4-3-5-7-18/h3-13,16,26-27H,2,14-15H2,1H3. The van der Waals surface area contributed by atoms with Crippen LogP contribution < -0.4 is 10.1 Å². The lowest BCUT2D eigenvalue weighted by molar-refractivity contribution is 0.104. The highest BCUT2D eigenvalue weighted by Gasteiger charge is 2.22. The van der Waals surface area contributed by atoms with Crippen molar-refractivity contribution in [3.63, 3.8) is 0 Å². The Hall–Kier alpha value is -3.15. The van der Waals surface area contributed by atoms with Crippen molar-refractivity contribution in [3.05, 3.63) is 88.8 Å². The number of hydrogen-bond acceptors (Lipinski definition) is 5. The summed E-state index contributed by atoms with van der Waals surface area (Å²) in [6.45, 7) is 3.99. The highest BCUT2D eigenvalue weighted by atomic mass is 32.1. The van der Waals surface area contributed by atoms with Crippen molar-refractivity contribution in [2.75, 3.05) is 13.1 Å². The van der Waals surface area contributed by atoms with Crippen molar-refractivity contribution >= 4 is 27.2 Å². The number of hydrogen-bond donors (Lipinski definition) is 2. The Bertz CT molecular complexity index is 1150. The fourth-order valence-electron chi connectivity index (χ4n) is 3.28. The van der Waals surface area contributed by atoms with Crippen LogP contribution in [-0.2, 0) is 6.42 Å². The first-order valence-electron chi connectivity index (χ1n) is 9.98. The summed E-state index contributed by atoms with van der Waals surface area (Å²) in [6.07, 6.45) is 0.951. The van der Waals surface area contributed by atoms with Crippen LogP contribution in [0.15, 0.2) is 72.8 Å². The molecule has 3 aromatic carbocycles. The van der Waals surface area contributed by atoms with Crippen LogP contribution in [0.1, 0.15) is 27.7 Å². The van der Waals surface area contributed by atoms with E-state index >= 15 is 0 Å². The highest BCUT2D eigenvalue weighted by Crippen LogP contribution is 2.42. The van der Waals surface area contributed by atoms with Gasteiger partial charge in [-0.05, 0) is 55.4 Å². The molecule has 4 nitrogen and oxygen atoms in total. The molecule has 1 heterocycles. The third-order valence-electron chi connectivity index (χ3n) is 4.85. The van der Waals surface area contributed by atoms with Gasteiger partial charge in [-0.3, -0.25) is 4.79 Å². The van der Waals surface area contributed by atoms with Crippen molar-refractivity contribution in [1.29, 1.82) is 0 Å². The number of carbonyl (C=O) groups is 1. The van der Waals surface area contributed by atoms with E-state index in [0.29, 0.717) is 21.9 Å². The molecule has 4 aromatic rings. The molecule has 0 aliphatic heterocycles. The van der Waals surface area contributed by atoms with Crippen molar-refractivity contribution in [2.45, 2.75) is 13.3 Å². The van der Waals surface area contributed by atoms with Gasteiger partial charge in [-0.25, -0.2) is 0 Å². The molecule has 0 aliphatic rings. The molecule has 0 saturated carbocycles. The molecular weight excluding hydrogens is 394 g/mol. The predicted molar refractivity (Wildman–Crippen MR) is 122 cm³/mol. The van der Waals surface area contributed by atoms with Gasteiger partial charge in [0.15, 0.2) is 5.75 Å². The molecule has 0 bridgehead atoms. The fraction of sp³-hybridized carbons (Fsp3) is 0.160. The summed E-state index contributed by atoms with van der Waals surface area (Å²) in [5.74, 6) is 1.29. The maximum atomic E-state index is 13.2. The number of phenols is 1. The van der Waals surface area contributed by atoms with Gasteiger partial charge in [-0.1, -0.05) is 49.4 Å². The van der Waals surface area contributed by atoms with E-state index in [2.05, 4.69) is 12.2 Å². The molecule has 0 amide bonds. The van der Waals surface area contributed by atoms with Gasteiger partial charge < -0.3 is 15.2 Å². The third kappa shape index (κ3) is 4.37. The van der Waals surface area contributed by atoms with E-state index in [1.165, 1.54) is 16.9 Å². The fourth-order valence-corrected chi connectivity index (χ4v) is 4.41. The number of thiophene rings is 1. The first-order chi connectivity index (χ1) is 14.7. The van der Waals surface area contributed by atoms with E-state index in [9.17, 15) is 9.90 Å². The summed E-state index contributed by atoms with van der Waals surface area (Å²) in [7, 11) is 0. The monoisotopic (exact) mass is 417 g/mol. The van der Waals surface area contributed by atoms with Crippen LogP contribution in [0.5, 0.6) is 17.2 Å². The number of benzene rings is 3. The first-order valence-corrected chi connectivity index (χ1v) is 10.8. The number of rotatable bonds is 8. The lowest BCUT2D eigenvalue weighted by Crippen LogP contribution is -2.15. The minimum absolute atomic E-state index is 0.0893. The molecular formula is C25H23NO3S. The highest BCUT2D eigenvalue weighted by molar-refractivity contribution is 7.21. The minimum atomic E-state index is -0.0893. The van der Waals surface area contributed by atoms with Gasteiger partial charge in [0.05, 0.1) is 0 Å². The lowest BCUT2D eigenvalue weighted by atomic mass is 10.1. The Morgan fingerprint density at radius 2 is 1.80 bits per heavy atom. The van der Waals surface area contributed by atoms with Gasteiger partial charge in [0.25, 0.3) is 0 Å². The number of phenolic OH excluding ortho intramolecular Hbond substituents is 1. The number of nitrogens with one attached hydrogen (secondary N) is 1. The maximum Gasteiger partial charge on any atom is 0.206 e. The molecule has 0 atom stereocenters. The molecule has 2 N–H and O–H groups in total. The van der Waals surface area contributed by atoms with E-state index in [1.807, 2.05) is 42.5 Å². The number of carbonyl (C=O) groups excluding carboxylic acids is 1. The average Bonchev–Trinajstić information content (AvgIpc) is 3.12. The summed E-state index contributed by atoms with van der Waals surface area (Å²) >= 11 is 1.33. The second-order valence-corrected chi connectivity index (χ2v) is 8.04. The van der Waals surface area contributed by atoms with Crippen LogP contribution in [0, 0.1) is 0 Å². The molecule has 5 heteroatoms. The van der Waals surface area contributed by atoms with E-state index in [0.717, 1.165) is 29.6 Å². The molecule has 0 spiro atoms. The smallest absolute Gasteiger partial charge is 0.206 e. The van der Waals surface area contributed by atoms with Gasteiger partial charge in [0, 0.05) is 15.6 Å². The van der Waals surface area contributed by atoms with Crippen molar-refractivity contribution in [1.82, 2.24) is 5.32 Å². The number of fused-ring (bicyclic) bond motifs is 1. The summed E-state index contributed by atoms with van der Waals surface area (Å²) in [4.78, 5) is 13.7. The topological polar surface area (TPSA) is 58.6 Å². The van der Waals surface area contributed by atoms with E-state index in [-0.39, 0.29) is 11.5 Å². The predicted octanol–water partition coefficient (Wildman–Crippen LogP) is 5.78. The van der Waals surface area contributed by atoms with Crippen LogP contribution >= 0.6 is 11.3 Å². The number of aromatic hydroxyl groups is 1. The summed E-state index contributed by atoms with van der Waals surface area (Å²) in [6, 6.07) is 22.2. The molecule has 0 radical (unpaired) electrons. The Morgan fingerprint density at radius 1 is 1.03 bits per heavy atom. The molecule has 4 rings (SSSR count). The Kier molecular flexibility index (Phi) is 6.12. The normalized spacial score (nSPS) is 11.0. The second-order valence-electron chi connectivity index (χ2n) is 6.99. The zero-order valence-electron chi connectivity index (χ0n) is 16.7. The maximum absolute atomic E-state index is 13.2. The second kappa shape index (κ2) is 9.11. The van der Waals surface area contributed by atoms with Crippen LogP contribution in [0.4, 0.5) is 0 Å². The van der Waals surface area contributed by atoms with Crippen molar-refractivity contribution in [2.24, 2.45) is 0 Å². The van der Waals surface area contributed by atoms with E-state index in [1.54, 1.807) is 30.3 Å². The SMILES string of the molecule is CCNCCc1ccc(Oc2c(C(=O)c3ccccc3)sc3cc(O)ccc23)cc1. The zero-order chi connectivity index (χ0) is 20.9. The summed E-state index contributed by atoms with van der Waals surface area (Å²) in [5, 5.41) is 14.0. The quantitative estimate of drug-likeness (QED) is 0.282. The minimum Gasteiger partial charge on any atom is -0.508 e. The molecule has 0 saturated heterocycles. The molecule has 0 aliphatic carbocycles. The van der Waals surface area contributed by atoms with Crippen LogP contribution in [0.3, 0.4) is 0 Å². The summed E-state index contributed by atoms with van der Waals surface area (Å²) < 4.78 is 7.03. The van der Waals surface area contributed by atoms with Crippen molar-refractivity contribution < 1.29 is 14.6 Å². The molecule has 1 aromatic heterocycles. The number of likely N-dealkylation sites (N-methyl/N-ethyl adjacent to an activating group) is 1. The van der Waals surface area contributed by atoms with Crippen LogP contribution in [-0.4, -0.2) is 24.0 Å². The lowest BCUT2D eigenvalue weighted by Gasteiger charge is -2.09. The van der Waals surface area contributed by atoms with E-state index in [4.69, 9.17) is 4.74 Å². The first kappa shape index (κ1) is 20.1. The molecule has 30 heavy (non-hydrogen) atoms. The van der Waals surface area contributed by atoms with Gasteiger partial charge >= 0.3 is 0 Å². The molecule has 0 fully saturated rings.